The molecule has 2 heterocycles. The Labute approximate surface area is 260 Å². The summed E-state index contributed by atoms with van der Waals surface area (Å²) in [5, 5.41) is 31.3. The first-order chi connectivity index (χ1) is 20.1. The van der Waals surface area contributed by atoms with Gasteiger partial charge in [-0.05, 0) is 137 Å². The summed E-state index contributed by atoms with van der Waals surface area (Å²) in [5.74, 6) is 2.78. The average molecular weight is 604 g/mol. The molecule has 10 unspecified atom stereocenters. The molecule has 0 aromatic heterocycles. The van der Waals surface area contributed by atoms with E-state index in [1.54, 1.807) is 13.8 Å². The van der Waals surface area contributed by atoms with E-state index in [1.165, 1.54) is 38.5 Å². The van der Waals surface area contributed by atoms with E-state index in [0.29, 0.717) is 40.6 Å². The van der Waals surface area contributed by atoms with Gasteiger partial charge in [0.1, 0.15) is 6.10 Å². The number of morpholine rings is 1. The molecule has 2 aliphatic heterocycles. The third-order valence-electron chi connectivity index (χ3n) is 15.2. The predicted octanol–water partition coefficient (Wildman–Crippen LogP) is 5.14. The summed E-state index contributed by atoms with van der Waals surface area (Å²) in [4.78, 5) is 2.33. The molecule has 0 amide bonds. The number of hydrogen-bond acceptors (Lipinski definition) is 7. The Morgan fingerprint density at radius 3 is 2.40 bits per heavy atom. The molecule has 0 radical (unpaired) electrons. The van der Waals surface area contributed by atoms with Crippen LogP contribution in [0.1, 0.15) is 113 Å². The van der Waals surface area contributed by atoms with Crippen LogP contribution in [0.15, 0.2) is 0 Å². The van der Waals surface area contributed by atoms with Crippen LogP contribution in [0.2, 0.25) is 0 Å². The molecule has 7 rings (SSSR count). The lowest BCUT2D eigenvalue weighted by molar-refractivity contribution is -0.251. The molecule has 2 spiro atoms. The molecule has 246 valence electrons. The van der Waals surface area contributed by atoms with Crippen LogP contribution in [0, 0.1) is 45.3 Å². The molecule has 3 N–H and O–H groups in total. The zero-order valence-electron chi connectivity index (χ0n) is 28.1. The number of nitrogens with zero attached hydrogens (tertiary/aromatic N) is 1. The summed E-state index contributed by atoms with van der Waals surface area (Å²) in [7, 11) is 0. The second-order valence-corrected chi connectivity index (χ2v) is 18.3. The van der Waals surface area contributed by atoms with Crippen LogP contribution in [0.25, 0.3) is 0 Å². The zero-order valence-corrected chi connectivity index (χ0v) is 28.1. The van der Waals surface area contributed by atoms with Crippen LogP contribution in [0.4, 0.5) is 0 Å². The van der Waals surface area contributed by atoms with Gasteiger partial charge in [0.25, 0.3) is 0 Å². The first-order valence-electron chi connectivity index (χ1n) is 17.8. The molecule has 7 nitrogen and oxygen atoms in total. The molecule has 43 heavy (non-hydrogen) atoms. The number of fused-ring (bicyclic) bond motifs is 4. The molecule has 0 aromatic rings. The Morgan fingerprint density at radius 2 is 1.67 bits per heavy atom. The molecule has 5 saturated carbocycles. The Bertz CT molecular complexity index is 1070. The fourth-order valence-electron chi connectivity index (χ4n) is 12.7. The van der Waals surface area contributed by atoms with Crippen molar-refractivity contribution in [1.82, 2.24) is 4.90 Å². The van der Waals surface area contributed by atoms with Crippen molar-refractivity contribution < 1.29 is 29.5 Å². The Hall–Kier alpha value is -0.280. The minimum atomic E-state index is -1.14. The van der Waals surface area contributed by atoms with Crippen molar-refractivity contribution in [1.29, 1.82) is 0 Å². The number of aliphatic hydroxyl groups excluding tert-OH is 2. The van der Waals surface area contributed by atoms with Crippen molar-refractivity contribution in [3.8, 4) is 0 Å². The minimum absolute atomic E-state index is 0.110. The van der Waals surface area contributed by atoms with Crippen molar-refractivity contribution in [2.75, 3.05) is 26.3 Å². The summed E-state index contributed by atoms with van der Waals surface area (Å²) in [6.45, 7) is 17.5. The Kier molecular flexibility index (Phi) is 7.37. The SMILES string of the molecule is CC12CCC34CC35CC[C@H](OC3CN(C(C)(C)CO)CCO3)C(C)(C)C5CCC4C1CC1OC([C@H](O)C(C)(C)O)CCC12. The second kappa shape index (κ2) is 10.1. The highest BCUT2D eigenvalue weighted by Crippen LogP contribution is 2.87. The highest BCUT2D eigenvalue weighted by molar-refractivity contribution is 5.29. The Morgan fingerprint density at radius 1 is 0.930 bits per heavy atom. The fourth-order valence-corrected chi connectivity index (χ4v) is 12.7. The predicted molar refractivity (Wildman–Crippen MR) is 165 cm³/mol. The lowest BCUT2D eigenvalue weighted by atomic mass is 9.46. The maximum atomic E-state index is 10.8. The zero-order chi connectivity index (χ0) is 30.8. The van der Waals surface area contributed by atoms with Gasteiger partial charge in [-0.15, -0.1) is 0 Å². The van der Waals surface area contributed by atoms with E-state index >= 15 is 0 Å². The molecule has 12 atom stereocenters. The summed E-state index contributed by atoms with van der Waals surface area (Å²) < 4.78 is 19.7. The van der Waals surface area contributed by atoms with Gasteiger partial charge in [0.15, 0.2) is 6.29 Å². The largest absolute Gasteiger partial charge is 0.394 e. The van der Waals surface area contributed by atoms with E-state index in [0.717, 1.165) is 44.7 Å². The van der Waals surface area contributed by atoms with E-state index in [-0.39, 0.29) is 42.2 Å². The van der Waals surface area contributed by atoms with E-state index in [2.05, 4.69) is 39.5 Å². The normalized spacial score (nSPS) is 50.1. The van der Waals surface area contributed by atoms with Gasteiger partial charge in [0.2, 0.25) is 0 Å². The van der Waals surface area contributed by atoms with Crippen molar-refractivity contribution in [2.24, 2.45) is 45.3 Å². The van der Waals surface area contributed by atoms with Gasteiger partial charge >= 0.3 is 0 Å². The van der Waals surface area contributed by atoms with Crippen LogP contribution in [-0.4, -0.2) is 88.4 Å². The van der Waals surface area contributed by atoms with E-state index in [9.17, 15) is 15.3 Å². The topological polar surface area (TPSA) is 91.6 Å². The van der Waals surface area contributed by atoms with Gasteiger partial charge in [0.05, 0.1) is 43.7 Å². The van der Waals surface area contributed by atoms with E-state index < -0.39 is 11.7 Å². The van der Waals surface area contributed by atoms with Crippen LogP contribution in [0.3, 0.4) is 0 Å². The lowest BCUT2D eigenvalue weighted by Gasteiger charge is -2.60. The monoisotopic (exact) mass is 603 g/mol. The first-order valence-corrected chi connectivity index (χ1v) is 17.8. The van der Waals surface area contributed by atoms with Crippen molar-refractivity contribution >= 4 is 0 Å². The van der Waals surface area contributed by atoms with Crippen molar-refractivity contribution in [3.63, 3.8) is 0 Å². The van der Waals surface area contributed by atoms with E-state index in [4.69, 9.17) is 14.2 Å². The molecule has 0 aromatic carbocycles. The molecule has 0 bridgehead atoms. The van der Waals surface area contributed by atoms with Gasteiger partial charge in [-0.25, -0.2) is 0 Å². The Balaban J connectivity index is 1.05. The van der Waals surface area contributed by atoms with Gasteiger partial charge in [-0.2, -0.15) is 0 Å². The fraction of sp³-hybridized carbons (Fsp3) is 1.00. The van der Waals surface area contributed by atoms with Gasteiger partial charge in [-0.1, -0.05) is 20.8 Å². The summed E-state index contributed by atoms with van der Waals surface area (Å²) >= 11 is 0. The standard InChI is InChI=1S/C36H61NO6/c1-31(2,21-38)37-16-17-41-29(19-37)43-28-12-13-36-20-35(36)15-14-34(7)23-8-10-25(30(39)33(5,6)40)42-26(23)18-24(34)22(35)9-11-27(36)32(28,3)4/h22-30,38-40H,8-21H2,1-7H3/t22?,23?,24?,25?,26?,27?,28-,29?,30-,34?,35?,36?/m0/s1. The highest BCUT2D eigenvalue weighted by Gasteiger charge is 2.80. The number of rotatable bonds is 6. The third kappa shape index (κ3) is 4.52. The second-order valence-electron chi connectivity index (χ2n) is 18.3. The average Bonchev–Trinajstić information content (AvgIpc) is 3.53. The number of aliphatic hydroxyl groups is 3. The molecular formula is C36H61NO6. The number of hydrogen-bond donors (Lipinski definition) is 3. The first kappa shape index (κ1) is 31.3. The van der Waals surface area contributed by atoms with Gasteiger partial charge in [0, 0.05) is 12.1 Å². The molecule has 5 aliphatic carbocycles. The maximum absolute atomic E-state index is 10.8. The van der Waals surface area contributed by atoms with E-state index in [1.807, 2.05) is 0 Å². The summed E-state index contributed by atoms with van der Waals surface area (Å²) in [6, 6.07) is 0. The smallest absolute Gasteiger partial charge is 0.170 e. The van der Waals surface area contributed by atoms with Crippen LogP contribution in [0.5, 0.6) is 0 Å². The third-order valence-corrected chi connectivity index (χ3v) is 15.2. The highest BCUT2D eigenvalue weighted by atomic mass is 16.7. The molecule has 2 saturated heterocycles. The van der Waals surface area contributed by atoms with Crippen LogP contribution >= 0.6 is 0 Å². The molecular weight excluding hydrogens is 542 g/mol. The lowest BCUT2D eigenvalue weighted by Crippen LogP contribution is -2.58. The summed E-state index contributed by atoms with van der Waals surface area (Å²) in [5.41, 5.74) is 0.00950. The van der Waals surface area contributed by atoms with Crippen molar-refractivity contribution in [3.05, 3.63) is 0 Å². The number of ether oxygens (including phenoxy) is 3. The van der Waals surface area contributed by atoms with Crippen LogP contribution in [-0.2, 0) is 14.2 Å². The quantitative estimate of drug-likeness (QED) is 0.387. The molecule has 7 heteroatoms. The maximum Gasteiger partial charge on any atom is 0.170 e. The molecule has 7 fully saturated rings. The van der Waals surface area contributed by atoms with Gasteiger partial charge < -0.3 is 29.5 Å². The van der Waals surface area contributed by atoms with Crippen molar-refractivity contribution in [2.45, 2.75) is 155 Å². The minimum Gasteiger partial charge on any atom is -0.394 e. The summed E-state index contributed by atoms with van der Waals surface area (Å²) in [6.07, 6.45) is 11.4. The molecule has 7 aliphatic rings. The van der Waals surface area contributed by atoms with Crippen LogP contribution < -0.4 is 0 Å². The van der Waals surface area contributed by atoms with Gasteiger partial charge in [-0.3, -0.25) is 4.90 Å².